The molecule has 78 valence electrons. The molecule has 0 aromatic carbocycles. The Hall–Kier alpha value is -0.610. The van der Waals surface area contributed by atoms with Gasteiger partial charge in [-0.3, -0.25) is 4.79 Å². The number of hydrogen-bond donors (Lipinski definition) is 3. The van der Waals surface area contributed by atoms with E-state index in [1.54, 1.807) is 0 Å². The standard InChI is InChI=1S/C9H20N2O2/c1-7(2)11-9(13)6-10-8(3)4-5-12/h7-8,10,12H,4-6H2,1-3H3,(H,11,13)/t8-/m1/s1. The molecule has 0 aliphatic carbocycles. The van der Waals surface area contributed by atoms with E-state index in [9.17, 15) is 4.79 Å². The first-order chi connectivity index (χ1) is 6.06. The van der Waals surface area contributed by atoms with Crippen molar-refractivity contribution in [3.8, 4) is 0 Å². The van der Waals surface area contributed by atoms with Crippen molar-refractivity contribution < 1.29 is 9.90 Å². The van der Waals surface area contributed by atoms with E-state index in [2.05, 4.69) is 10.6 Å². The van der Waals surface area contributed by atoms with Crippen molar-refractivity contribution in [1.82, 2.24) is 10.6 Å². The second-order valence-corrected chi connectivity index (χ2v) is 3.52. The van der Waals surface area contributed by atoms with Gasteiger partial charge in [0.05, 0.1) is 6.54 Å². The molecule has 0 fully saturated rings. The Morgan fingerprint density at radius 2 is 2.00 bits per heavy atom. The molecule has 3 N–H and O–H groups in total. The Bertz CT molecular complexity index is 149. The molecular weight excluding hydrogens is 168 g/mol. The lowest BCUT2D eigenvalue weighted by Crippen LogP contribution is -2.40. The highest BCUT2D eigenvalue weighted by Crippen LogP contribution is 1.87. The lowest BCUT2D eigenvalue weighted by atomic mass is 10.2. The molecule has 0 aromatic rings. The zero-order valence-corrected chi connectivity index (χ0v) is 8.63. The van der Waals surface area contributed by atoms with Crippen LogP contribution < -0.4 is 10.6 Å². The normalized spacial score (nSPS) is 13.0. The van der Waals surface area contributed by atoms with E-state index < -0.39 is 0 Å². The first-order valence-corrected chi connectivity index (χ1v) is 4.70. The molecule has 4 nitrogen and oxygen atoms in total. The van der Waals surface area contributed by atoms with E-state index in [4.69, 9.17) is 5.11 Å². The third-order valence-electron chi connectivity index (χ3n) is 1.62. The number of amides is 1. The predicted octanol–water partition coefficient (Wildman–Crippen LogP) is -0.128. The number of carbonyl (C=O) groups excluding carboxylic acids is 1. The van der Waals surface area contributed by atoms with E-state index >= 15 is 0 Å². The molecule has 13 heavy (non-hydrogen) atoms. The summed E-state index contributed by atoms with van der Waals surface area (Å²) in [4.78, 5) is 11.1. The second kappa shape index (κ2) is 6.86. The SMILES string of the molecule is CC(C)NC(=O)CN[C@H](C)CCO. The predicted molar refractivity (Wildman–Crippen MR) is 52.4 cm³/mol. The maximum Gasteiger partial charge on any atom is 0.234 e. The Morgan fingerprint density at radius 1 is 1.38 bits per heavy atom. The average molecular weight is 188 g/mol. The molecule has 1 amide bonds. The van der Waals surface area contributed by atoms with Crippen molar-refractivity contribution in [2.45, 2.75) is 39.3 Å². The average Bonchev–Trinajstić information content (AvgIpc) is 2.00. The van der Waals surface area contributed by atoms with Crippen LogP contribution in [0.5, 0.6) is 0 Å². The van der Waals surface area contributed by atoms with Gasteiger partial charge in [0, 0.05) is 18.7 Å². The topological polar surface area (TPSA) is 61.4 Å². The van der Waals surface area contributed by atoms with Gasteiger partial charge in [-0.25, -0.2) is 0 Å². The summed E-state index contributed by atoms with van der Waals surface area (Å²) in [6.07, 6.45) is 0.676. The molecule has 0 bridgehead atoms. The van der Waals surface area contributed by atoms with Crippen LogP contribution >= 0.6 is 0 Å². The number of rotatable bonds is 6. The Kier molecular flexibility index (Phi) is 6.54. The van der Waals surface area contributed by atoms with Gasteiger partial charge < -0.3 is 15.7 Å². The van der Waals surface area contributed by atoms with Crippen LogP contribution in [0.1, 0.15) is 27.2 Å². The van der Waals surface area contributed by atoms with Crippen molar-refractivity contribution in [2.24, 2.45) is 0 Å². The largest absolute Gasteiger partial charge is 0.396 e. The van der Waals surface area contributed by atoms with Crippen LogP contribution in [0.4, 0.5) is 0 Å². The summed E-state index contributed by atoms with van der Waals surface area (Å²) in [5.41, 5.74) is 0. The summed E-state index contributed by atoms with van der Waals surface area (Å²) < 4.78 is 0. The smallest absolute Gasteiger partial charge is 0.234 e. The first kappa shape index (κ1) is 12.4. The van der Waals surface area contributed by atoms with Crippen molar-refractivity contribution >= 4 is 5.91 Å². The van der Waals surface area contributed by atoms with Gasteiger partial charge in [-0.1, -0.05) is 0 Å². The van der Waals surface area contributed by atoms with E-state index in [0.29, 0.717) is 13.0 Å². The minimum absolute atomic E-state index is 0.000195. The molecule has 0 heterocycles. The van der Waals surface area contributed by atoms with Gasteiger partial charge in [0.15, 0.2) is 0 Å². The van der Waals surface area contributed by atoms with Crippen LogP contribution in [0.25, 0.3) is 0 Å². The van der Waals surface area contributed by atoms with Gasteiger partial charge in [0.2, 0.25) is 5.91 Å². The fraction of sp³-hybridized carbons (Fsp3) is 0.889. The minimum atomic E-state index is -0.000195. The number of carbonyl (C=O) groups is 1. The molecule has 0 saturated heterocycles. The molecule has 0 unspecified atom stereocenters. The van der Waals surface area contributed by atoms with Crippen molar-refractivity contribution in [1.29, 1.82) is 0 Å². The third-order valence-corrected chi connectivity index (χ3v) is 1.62. The number of hydrogen-bond acceptors (Lipinski definition) is 3. The zero-order chi connectivity index (χ0) is 10.3. The maximum absolute atomic E-state index is 11.1. The Labute approximate surface area is 79.7 Å². The van der Waals surface area contributed by atoms with Crippen LogP contribution in [0.2, 0.25) is 0 Å². The van der Waals surface area contributed by atoms with E-state index in [1.165, 1.54) is 0 Å². The van der Waals surface area contributed by atoms with E-state index in [-0.39, 0.29) is 24.6 Å². The van der Waals surface area contributed by atoms with Gasteiger partial charge in [-0.15, -0.1) is 0 Å². The monoisotopic (exact) mass is 188 g/mol. The molecule has 0 aliphatic rings. The second-order valence-electron chi connectivity index (χ2n) is 3.52. The molecule has 0 aliphatic heterocycles. The summed E-state index contributed by atoms with van der Waals surface area (Å²) in [5, 5.41) is 14.4. The molecule has 0 saturated carbocycles. The number of aliphatic hydroxyl groups excluding tert-OH is 1. The van der Waals surface area contributed by atoms with Gasteiger partial charge in [-0.2, -0.15) is 0 Å². The maximum atomic E-state index is 11.1. The molecule has 0 rings (SSSR count). The van der Waals surface area contributed by atoms with Crippen LogP contribution in [0.3, 0.4) is 0 Å². The Morgan fingerprint density at radius 3 is 2.46 bits per heavy atom. The van der Waals surface area contributed by atoms with Crippen molar-refractivity contribution in [2.75, 3.05) is 13.2 Å². The highest BCUT2D eigenvalue weighted by molar-refractivity contribution is 5.78. The quantitative estimate of drug-likeness (QED) is 0.544. The van der Waals surface area contributed by atoms with E-state index in [1.807, 2.05) is 20.8 Å². The van der Waals surface area contributed by atoms with Crippen LogP contribution in [0, 0.1) is 0 Å². The van der Waals surface area contributed by atoms with Gasteiger partial charge in [0.25, 0.3) is 0 Å². The van der Waals surface area contributed by atoms with Gasteiger partial charge in [0.1, 0.15) is 0 Å². The fourth-order valence-electron chi connectivity index (χ4n) is 0.936. The molecule has 0 aromatic heterocycles. The van der Waals surface area contributed by atoms with Crippen molar-refractivity contribution in [3.05, 3.63) is 0 Å². The first-order valence-electron chi connectivity index (χ1n) is 4.70. The summed E-state index contributed by atoms with van der Waals surface area (Å²) >= 11 is 0. The summed E-state index contributed by atoms with van der Waals surface area (Å²) in [5.74, 6) is -0.000195. The molecule has 4 heteroatoms. The lowest BCUT2D eigenvalue weighted by molar-refractivity contribution is -0.120. The third kappa shape index (κ3) is 7.74. The molecule has 1 atom stereocenters. The van der Waals surface area contributed by atoms with E-state index in [0.717, 1.165) is 0 Å². The number of nitrogens with one attached hydrogen (secondary N) is 2. The van der Waals surface area contributed by atoms with Crippen LogP contribution in [-0.4, -0.2) is 36.2 Å². The van der Waals surface area contributed by atoms with Crippen LogP contribution in [0.15, 0.2) is 0 Å². The highest BCUT2D eigenvalue weighted by atomic mass is 16.3. The Balaban J connectivity index is 3.46. The number of aliphatic hydroxyl groups is 1. The fourth-order valence-corrected chi connectivity index (χ4v) is 0.936. The molecule has 0 spiro atoms. The summed E-state index contributed by atoms with van der Waals surface area (Å²) in [6, 6.07) is 0.366. The van der Waals surface area contributed by atoms with Crippen molar-refractivity contribution in [3.63, 3.8) is 0 Å². The summed E-state index contributed by atoms with van der Waals surface area (Å²) in [6.45, 7) is 6.27. The summed E-state index contributed by atoms with van der Waals surface area (Å²) in [7, 11) is 0. The highest BCUT2D eigenvalue weighted by Gasteiger charge is 2.05. The molecular formula is C9H20N2O2. The zero-order valence-electron chi connectivity index (χ0n) is 8.63. The van der Waals surface area contributed by atoms with Gasteiger partial charge in [-0.05, 0) is 27.2 Å². The van der Waals surface area contributed by atoms with Crippen LogP contribution in [-0.2, 0) is 4.79 Å². The lowest BCUT2D eigenvalue weighted by Gasteiger charge is -2.13. The minimum Gasteiger partial charge on any atom is -0.396 e. The molecule has 0 radical (unpaired) electrons. The van der Waals surface area contributed by atoms with Gasteiger partial charge >= 0.3 is 0 Å².